The van der Waals surface area contributed by atoms with Gasteiger partial charge in [-0.25, -0.2) is 0 Å². The molecule has 0 aromatic carbocycles. The molecule has 0 aliphatic carbocycles. The molecule has 3 heteroatoms. The summed E-state index contributed by atoms with van der Waals surface area (Å²) in [7, 11) is 0. The van der Waals surface area contributed by atoms with Gasteiger partial charge in [-0.1, -0.05) is 18.8 Å². The Hall–Kier alpha value is -0.0761. The second kappa shape index (κ2) is 8.92. The van der Waals surface area contributed by atoms with Gasteiger partial charge in [0.15, 0.2) is 0 Å². The number of nitrogens with zero attached hydrogens (tertiary/aromatic N) is 2. The van der Waals surface area contributed by atoms with Crippen molar-refractivity contribution in [2.75, 3.05) is 0 Å². The van der Waals surface area contributed by atoms with Crippen LogP contribution >= 0.6 is 0 Å². The van der Waals surface area contributed by atoms with Crippen LogP contribution in [-0.2, 0) is 32.7 Å². The van der Waals surface area contributed by atoms with Crippen LogP contribution in [-0.4, -0.2) is 11.9 Å². The van der Waals surface area contributed by atoms with Gasteiger partial charge in [0.1, 0.15) is 0 Å². The Labute approximate surface area is 86.5 Å². The fourth-order valence-corrected chi connectivity index (χ4v) is 0.210. The molecule has 0 aliphatic rings. The molecule has 0 aliphatic heterocycles. The third kappa shape index (κ3) is 7.92. The molecule has 48 valence electrons. The molecular formula is C7H7N2Y. The Balaban J connectivity index is 0. The number of allylic oxidation sites excluding steroid dienone is 2. The molecule has 0 saturated carbocycles. The van der Waals surface area contributed by atoms with E-state index in [0.29, 0.717) is 5.71 Å². The summed E-state index contributed by atoms with van der Waals surface area (Å²) < 4.78 is 0. The quantitative estimate of drug-likeness (QED) is 0.496. The summed E-state index contributed by atoms with van der Waals surface area (Å²) in [4.78, 5) is 3.67. The molecule has 0 aromatic rings. The van der Waals surface area contributed by atoms with Gasteiger partial charge >= 0.3 is 32.7 Å². The van der Waals surface area contributed by atoms with Crippen LogP contribution in [0.4, 0.5) is 0 Å². The first-order valence-corrected chi connectivity index (χ1v) is 2.45. The fraction of sp³-hybridized carbons (Fsp3) is 0.143. The largest absolute Gasteiger partial charge is 3.00 e. The second-order valence-corrected chi connectivity index (χ2v) is 1.36. The van der Waals surface area contributed by atoms with Crippen molar-refractivity contribution in [2.24, 2.45) is 4.99 Å². The molecule has 0 saturated heterocycles. The van der Waals surface area contributed by atoms with Gasteiger partial charge in [0.2, 0.25) is 0 Å². The third-order valence-electron chi connectivity index (χ3n) is 0.631. The zero-order valence-corrected chi connectivity index (χ0v) is 8.62. The first-order chi connectivity index (χ1) is 4.31. The predicted molar refractivity (Wildman–Crippen MR) is 39.2 cm³/mol. The molecule has 0 heterocycles. The average molecular weight is 208 g/mol. The molecule has 0 radical (unpaired) electrons. The predicted octanol–water partition coefficient (Wildman–Crippen LogP) is 1.39. The minimum Gasteiger partial charge on any atom is -0.878 e. The van der Waals surface area contributed by atoms with Gasteiger partial charge in [-0.05, 0) is 0 Å². The molecule has 10 heavy (non-hydrogen) atoms. The maximum atomic E-state index is 8.10. The van der Waals surface area contributed by atoms with E-state index in [1.807, 2.05) is 0 Å². The number of hydrogen-bond acceptors (Lipinski definition) is 1. The van der Waals surface area contributed by atoms with Crippen LogP contribution < -0.4 is 0 Å². The average Bonchev–Trinajstić information content (AvgIpc) is 1.89. The molecular weight excluding hydrogens is 201 g/mol. The topological polar surface area (TPSA) is 34.7 Å². The molecule has 0 fully saturated rings. The SMILES string of the molecule is [CH-]=CC(C)=N[C-]=CC=[N-].[Y+3]. The third-order valence-corrected chi connectivity index (χ3v) is 0.631. The summed E-state index contributed by atoms with van der Waals surface area (Å²) >= 11 is 0. The van der Waals surface area contributed by atoms with Gasteiger partial charge in [-0.2, -0.15) is 12.2 Å². The zero-order valence-electron chi connectivity index (χ0n) is 5.78. The Kier molecular flexibility index (Phi) is 11.2. The van der Waals surface area contributed by atoms with E-state index in [1.54, 1.807) is 6.92 Å². The number of rotatable bonds is 3. The Bertz CT molecular complexity index is 159. The summed E-state index contributed by atoms with van der Waals surface area (Å²) in [5.74, 6) is 0. The minimum absolute atomic E-state index is 0. The second-order valence-electron chi connectivity index (χ2n) is 1.36. The van der Waals surface area contributed by atoms with E-state index in [-0.39, 0.29) is 32.7 Å². The van der Waals surface area contributed by atoms with Crippen molar-refractivity contribution >= 4 is 11.9 Å². The van der Waals surface area contributed by atoms with E-state index in [1.165, 1.54) is 12.2 Å². The van der Waals surface area contributed by atoms with Crippen LogP contribution in [0.2, 0.25) is 0 Å². The van der Waals surface area contributed by atoms with Gasteiger partial charge in [0.05, 0.1) is 0 Å². The maximum absolute atomic E-state index is 8.10. The molecule has 0 unspecified atom stereocenters. The summed E-state index contributed by atoms with van der Waals surface area (Å²) in [5.41, 5.74) is 0.660. The first-order valence-electron chi connectivity index (χ1n) is 2.45. The molecule has 0 rings (SSSR count). The van der Waals surface area contributed by atoms with Crippen molar-refractivity contribution in [3.05, 3.63) is 30.3 Å². The first kappa shape index (κ1) is 12.6. The Morgan fingerprint density at radius 1 is 1.70 bits per heavy atom. The molecule has 0 N–H and O–H groups in total. The van der Waals surface area contributed by atoms with E-state index >= 15 is 0 Å². The molecule has 0 aromatic heterocycles. The molecule has 0 bridgehead atoms. The van der Waals surface area contributed by atoms with Crippen molar-refractivity contribution in [1.82, 2.24) is 0 Å². The van der Waals surface area contributed by atoms with Crippen LogP contribution in [0, 0.1) is 12.8 Å². The molecule has 0 atom stereocenters. The minimum atomic E-state index is 0. The smallest absolute Gasteiger partial charge is 0.878 e. The van der Waals surface area contributed by atoms with Gasteiger partial charge in [0, 0.05) is 0 Å². The van der Waals surface area contributed by atoms with Gasteiger partial charge in [-0.3, -0.25) is 6.58 Å². The van der Waals surface area contributed by atoms with Gasteiger partial charge in [0.25, 0.3) is 0 Å². The van der Waals surface area contributed by atoms with Crippen molar-refractivity contribution in [3.8, 4) is 0 Å². The zero-order chi connectivity index (χ0) is 7.11. The van der Waals surface area contributed by atoms with Crippen LogP contribution in [0.1, 0.15) is 6.92 Å². The van der Waals surface area contributed by atoms with Gasteiger partial charge < -0.3 is 16.6 Å². The van der Waals surface area contributed by atoms with E-state index in [2.05, 4.69) is 11.2 Å². The molecule has 0 spiro atoms. The summed E-state index contributed by atoms with van der Waals surface area (Å²) in [6, 6.07) is 0. The summed E-state index contributed by atoms with van der Waals surface area (Å²) in [6.45, 7) is 6.81. The van der Waals surface area contributed by atoms with E-state index in [0.717, 1.165) is 6.21 Å². The van der Waals surface area contributed by atoms with Crippen molar-refractivity contribution in [1.29, 1.82) is 0 Å². The monoisotopic (exact) mass is 208 g/mol. The number of hydrogen-bond donors (Lipinski definition) is 0. The molecule has 0 amide bonds. The van der Waals surface area contributed by atoms with Crippen LogP contribution in [0.25, 0.3) is 5.41 Å². The van der Waals surface area contributed by atoms with Crippen molar-refractivity contribution in [3.63, 3.8) is 0 Å². The van der Waals surface area contributed by atoms with Crippen molar-refractivity contribution < 1.29 is 32.7 Å². The summed E-state index contributed by atoms with van der Waals surface area (Å²) in [6.07, 6.45) is 5.93. The van der Waals surface area contributed by atoms with E-state index < -0.39 is 0 Å². The Morgan fingerprint density at radius 3 is 2.70 bits per heavy atom. The Morgan fingerprint density at radius 2 is 2.30 bits per heavy atom. The van der Waals surface area contributed by atoms with E-state index in [9.17, 15) is 0 Å². The number of aliphatic imine (C=N–C) groups is 1. The van der Waals surface area contributed by atoms with Crippen LogP contribution in [0.15, 0.2) is 17.1 Å². The standard InChI is InChI=1S/C7H7N2.Y/c1-3-7(2)9-6-4-5-8;/h1,3-5H,2H3;/q-3;+3. The van der Waals surface area contributed by atoms with Crippen LogP contribution in [0.3, 0.4) is 0 Å². The van der Waals surface area contributed by atoms with E-state index in [4.69, 9.17) is 12.0 Å². The van der Waals surface area contributed by atoms with Gasteiger partial charge in [-0.15, -0.1) is 0 Å². The fourth-order valence-electron chi connectivity index (χ4n) is 0.210. The maximum Gasteiger partial charge on any atom is 3.00 e. The summed E-state index contributed by atoms with van der Waals surface area (Å²) in [5, 5.41) is 8.10. The van der Waals surface area contributed by atoms with Crippen molar-refractivity contribution in [2.45, 2.75) is 6.92 Å². The normalized spacial score (nSPS) is 10.7. The molecule has 2 nitrogen and oxygen atoms in total. The van der Waals surface area contributed by atoms with Crippen LogP contribution in [0.5, 0.6) is 0 Å².